The molecule has 0 saturated carbocycles. The van der Waals surface area contributed by atoms with E-state index in [4.69, 9.17) is 0 Å². The summed E-state index contributed by atoms with van der Waals surface area (Å²) < 4.78 is 27.0. The summed E-state index contributed by atoms with van der Waals surface area (Å²) in [6, 6.07) is 8.55. The summed E-state index contributed by atoms with van der Waals surface area (Å²) in [5.74, 6) is 0.579. The lowest BCUT2D eigenvalue weighted by molar-refractivity contribution is 0.288. The molecule has 2 aromatic rings. The topological polar surface area (TPSA) is 83.1 Å². The zero-order valence-corrected chi connectivity index (χ0v) is 15.3. The summed E-state index contributed by atoms with van der Waals surface area (Å²) in [4.78, 5) is 12.1. The van der Waals surface area contributed by atoms with Crippen LogP contribution in [0.5, 0.6) is 0 Å². The molecule has 1 saturated heterocycles. The first-order chi connectivity index (χ1) is 11.9. The SMILES string of the molecule is Cc1cc(Cc2ccc(S(=O)(=O)N3CCC(C)CC3)cc2)c(=O)[nH]n1. The molecule has 0 radical (unpaired) electrons. The number of aromatic amines is 1. The largest absolute Gasteiger partial charge is 0.268 e. The Hall–Kier alpha value is -1.99. The van der Waals surface area contributed by atoms with Crippen LogP contribution in [0.25, 0.3) is 0 Å². The molecular formula is C18H23N3O3S. The number of nitrogens with one attached hydrogen (secondary N) is 1. The Kier molecular flexibility index (Phi) is 5.06. The van der Waals surface area contributed by atoms with Gasteiger partial charge in [0, 0.05) is 25.1 Å². The Labute approximate surface area is 147 Å². The van der Waals surface area contributed by atoms with Gasteiger partial charge in [-0.2, -0.15) is 9.40 Å². The van der Waals surface area contributed by atoms with Crippen LogP contribution in [-0.2, 0) is 16.4 Å². The van der Waals surface area contributed by atoms with Crippen molar-refractivity contribution in [2.24, 2.45) is 5.92 Å². The van der Waals surface area contributed by atoms with E-state index < -0.39 is 10.0 Å². The molecule has 0 unspecified atom stereocenters. The van der Waals surface area contributed by atoms with Gasteiger partial charge in [-0.1, -0.05) is 19.1 Å². The van der Waals surface area contributed by atoms with Crippen molar-refractivity contribution in [3.8, 4) is 0 Å². The molecule has 0 spiro atoms. The van der Waals surface area contributed by atoms with Crippen LogP contribution in [0.1, 0.15) is 36.6 Å². The van der Waals surface area contributed by atoms with Gasteiger partial charge in [0.25, 0.3) is 5.56 Å². The van der Waals surface area contributed by atoms with Crippen molar-refractivity contribution in [2.75, 3.05) is 13.1 Å². The van der Waals surface area contributed by atoms with Crippen LogP contribution in [0, 0.1) is 12.8 Å². The predicted molar refractivity (Wildman–Crippen MR) is 96.0 cm³/mol. The van der Waals surface area contributed by atoms with Gasteiger partial charge < -0.3 is 0 Å². The Morgan fingerprint density at radius 1 is 1.20 bits per heavy atom. The fraction of sp³-hybridized carbons (Fsp3) is 0.444. The van der Waals surface area contributed by atoms with Gasteiger partial charge in [-0.3, -0.25) is 4.79 Å². The molecule has 0 aliphatic carbocycles. The maximum atomic E-state index is 12.7. The van der Waals surface area contributed by atoms with Gasteiger partial charge in [-0.05, 0) is 49.4 Å². The van der Waals surface area contributed by atoms with Crippen LogP contribution >= 0.6 is 0 Å². The summed E-state index contributed by atoms with van der Waals surface area (Å²) in [5, 5.41) is 6.32. The first-order valence-electron chi connectivity index (χ1n) is 8.50. The van der Waals surface area contributed by atoms with Crippen molar-refractivity contribution < 1.29 is 8.42 Å². The van der Waals surface area contributed by atoms with Gasteiger partial charge in [0.2, 0.25) is 10.0 Å². The molecule has 1 aliphatic rings. The van der Waals surface area contributed by atoms with Crippen molar-refractivity contribution in [2.45, 2.75) is 38.0 Å². The fourth-order valence-corrected chi connectivity index (χ4v) is 4.54. The number of rotatable bonds is 4. The molecule has 7 heteroatoms. The number of benzene rings is 1. The van der Waals surface area contributed by atoms with E-state index in [1.165, 1.54) is 0 Å². The average molecular weight is 361 g/mol. The predicted octanol–water partition coefficient (Wildman–Crippen LogP) is 2.09. The maximum Gasteiger partial charge on any atom is 0.267 e. The summed E-state index contributed by atoms with van der Waals surface area (Å²) >= 11 is 0. The molecule has 0 bridgehead atoms. The van der Waals surface area contributed by atoms with Gasteiger partial charge in [0.1, 0.15) is 0 Å². The Morgan fingerprint density at radius 3 is 2.48 bits per heavy atom. The van der Waals surface area contributed by atoms with Gasteiger partial charge >= 0.3 is 0 Å². The van der Waals surface area contributed by atoms with E-state index in [2.05, 4.69) is 17.1 Å². The number of hydrogen-bond donors (Lipinski definition) is 1. The quantitative estimate of drug-likeness (QED) is 0.904. The van der Waals surface area contributed by atoms with Gasteiger partial charge in [0.05, 0.1) is 10.6 Å². The first kappa shape index (κ1) is 17.8. The van der Waals surface area contributed by atoms with Crippen molar-refractivity contribution in [1.29, 1.82) is 0 Å². The van der Waals surface area contributed by atoms with E-state index >= 15 is 0 Å². The minimum absolute atomic E-state index is 0.218. The number of piperidine rings is 1. The highest BCUT2D eigenvalue weighted by Gasteiger charge is 2.27. The molecule has 6 nitrogen and oxygen atoms in total. The second-order valence-electron chi connectivity index (χ2n) is 6.77. The van der Waals surface area contributed by atoms with Gasteiger partial charge in [0.15, 0.2) is 0 Å². The standard InChI is InChI=1S/C18H23N3O3S/c1-13-7-9-21(10-8-13)25(23,24)17-5-3-15(4-6-17)12-16-11-14(2)19-20-18(16)22/h3-6,11,13H,7-10,12H2,1-2H3,(H,20,22). The molecule has 1 aromatic heterocycles. The Balaban J connectivity index is 1.78. The first-order valence-corrected chi connectivity index (χ1v) is 9.94. The van der Waals surface area contributed by atoms with Crippen molar-refractivity contribution in [3.63, 3.8) is 0 Å². The van der Waals surface area contributed by atoms with Crippen molar-refractivity contribution in [1.82, 2.24) is 14.5 Å². The van der Waals surface area contributed by atoms with E-state index in [-0.39, 0.29) is 5.56 Å². The van der Waals surface area contributed by atoms with E-state index in [1.807, 2.05) is 6.92 Å². The molecule has 25 heavy (non-hydrogen) atoms. The van der Waals surface area contributed by atoms with Gasteiger partial charge in [-0.15, -0.1) is 0 Å². The smallest absolute Gasteiger partial charge is 0.267 e. The Morgan fingerprint density at radius 2 is 1.84 bits per heavy atom. The molecule has 1 N–H and O–H groups in total. The Bertz CT molecular complexity index is 896. The zero-order chi connectivity index (χ0) is 18.0. The number of sulfonamides is 1. The van der Waals surface area contributed by atoms with Crippen molar-refractivity contribution >= 4 is 10.0 Å². The molecule has 3 rings (SSSR count). The zero-order valence-electron chi connectivity index (χ0n) is 14.5. The highest BCUT2D eigenvalue weighted by molar-refractivity contribution is 7.89. The number of nitrogens with zero attached hydrogens (tertiary/aromatic N) is 2. The minimum Gasteiger partial charge on any atom is -0.268 e. The highest BCUT2D eigenvalue weighted by atomic mass is 32.2. The second-order valence-corrected chi connectivity index (χ2v) is 8.71. The third-order valence-electron chi connectivity index (χ3n) is 4.71. The van der Waals surface area contributed by atoms with E-state index in [0.717, 1.165) is 24.1 Å². The van der Waals surface area contributed by atoms with Crippen LogP contribution in [-0.4, -0.2) is 36.0 Å². The van der Waals surface area contributed by atoms with E-state index in [9.17, 15) is 13.2 Å². The lowest BCUT2D eigenvalue weighted by Crippen LogP contribution is -2.37. The second kappa shape index (κ2) is 7.09. The highest BCUT2D eigenvalue weighted by Crippen LogP contribution is 2.23. The monoisotopic (exact) mass is 361 g/mol. The van der Waals surface area contributed by atoms with Crippen LogP contribution in [0.3, 0.4) is 0 Å². The molecule has 1 fully saturated rings. The molecular weight excluding hydrogens is 338 g/mol. The summed E-state index contributed by atoms with van der Waals surface area (Å²) in [6.07, 6.45) is 2.25. The van der Waals surface area contributed by atoms with Crippen molar-refractivity contribution in [3.05, 3.63) is 57.5 Å². The molecule has 0 amide bonds. The molecule has 134 valence electrons. The van der Waals surface area contributed by atoms with Crippen LogP contribution in [0.4, 0.5) is 0 Å². The number of aryl methyl sites for hydroxylation is 1. The third-order valence-corrected chi connectivity index (χ3v) is 6.62. The van der Waals surface area contributed by atoms with Crippen LogP contribution < -0.4 is 5.56 Å². The normalized spacial score (nSPS) is 16.9. The lowest BCUT2D eigenvalue weighted by Gasteiger charge is -2.29. The number of aromatic nitrogens is 2. The maximum absolute atomic E-state index is 12.7. The average Bonchev–Trinajstić information content (AvgIpc) is 2.59. The van der Waals surface area contributed by atoms with Crippen LogP contribution in [0.2, 0.25) is 0 Å². The minimum atomic E-state index is -3.43. The molecule has 1 aromatic carbocycles. The number of H-pyrrole nitrogens is 1. The fourth-order valence-electron chi connectivity index (χ4n) is 3.07. The molecule has 0 atom stereocenters. The summed E-state index contributed by atoms with van der Waals surface area (Å²) in [6.45, 7) is 5.13. The summed E-state index contributed by atoms with van der Waals surface area (Å²) in [7, 11) is -3.43. The van der Waals surface area contributed by atoms with E-state index in [1.54, 1.807) is 34.6 Å². The van der Waals surface area contributed by atoms with Crippen LogP contribution in [0.15, 0.2) is 40.0 Å². The number of hydrogen-bond acceptors (Lipinski definition) is 4. The van der Waals surface area contributed by atoms with E-state index in [0.29, 0.717) is 35.9 Å². The molecule has 2 heterocycles. The molecule has 1 aliphatic heterocycles. The summed E-state index contributed by atoms with van der Waals surface area (Å²) in [5.41, 5.74) is 2.04. The lowest BCUT2D eigenvalue weighted by atomic mass is 10.0. The van der Waals surface area contributed by atoms with Gasteiger partial charge in [-0.25, -0.2) is 13.5 Å². The third kappa shape index (κ3) is 3.99.